The van der Waals surface area contributed by atoms with Crippen LogP contribution in [0, 0.1) is 0 Å². The predicted octanol–water partition coefficient (Wildman–Crippen LogP) is 2.52. The van der Waals surface area contributed by atoms with E-state index in [1.807, 2.05) is 6.20 Å². The van der Waals surface area contributed by atoms with Gasteiger partial charge >= 0.3 is 0 Å². The second-order valence-electron chi connectivity index (χ2n) is 5.02. The number of rotatable bonds is 3. The van der Waals surface area contributed by atoms with Gasteiger partial charge in [0.05, 0.1) is 5.69 Å². The number of nitrogens with zero attached hydrogens (tertiary/aromatic N) is 4. The van der Waals surface area contributed by atoms with Crippen LogP contribution in [0.3, 0.4) is 0 Å². The lowest BCUT2D eigenvalue weighted by atomic mass is 10.1. The molecule has 4 nitrogen and oxygen atoms in total. The van der Waals surface area contributed by atoms with Crippen molar-refractivity contribution in [2.24, 2.45) is 0 Å². The Balaban J connectivity index is 1.68. The molecule has 0 amide bonds. The number of pyridine rings is 1. The summed E-state index contributed by atoms with van der Waals surface area (Å²) in [5.74, 6) is 0. The van der Waals surface area contributed by atoms with Gasteiger partial charge in [-0.2, -0.15) is 0 Å². The van der Waals surface area contributed by atoms with E-state index in [-0.39, 0.29) is 0 Å². The van der Waals surface area contributed by atoms with E-state index in [4.69, 9.17) is 0 Å². The molecule has 3 heterocycles. The van der Waals surface area contributed by atoms with E-state index in [1.165, 1.54) is 44.2 Å². The largest absolute Gasteiger partial charge is 0.299 e. The molecule has 0 aromatic carbocycles. The predicted molar refractivity (Wildman–Crippen MR) is 74.4 cm³/mol. The molecule has 4 heteroatoms. The topological polar surface area (TPSA) is 41.9 Å². The highest BCUT2D eigenvalue weighted by Gasteiger charge is 2.10. The van der Waals surface area contributed by atoms with Gasteiger partial charge in [0, 0.05) is 30.7 Å². The standard InChI is InChI=1S/C15H18N4/c1-2-6-19(7-3-1)11-13-4-5-15(18-8-13)14-9-16-12-17-10-14/h4-5,8-10,12H,1-3,6-7,11H2. The molecule has 3 rings (SSSR count). The van der Waals surface area contributed by atoms with Crippen molar-refractivity contribution >= 4 is 0 Å². The van der Waals surface area contributed by atoms with Crippen LogP contribution in [0.1, 0.15) is 24.8 Å². The van der Waals surface area contributed by atoms with Crippen LogP contribution < -0.4 is 0 Å². The van der Waals surface area contributed by atoms with E-state index in [2.05, 4.69) is 32.0 Å². The fourth-order valence-corrected chi connectivity index (χ4v) is 2.50. The zero-order valence-electron chi connectivity index (χ0n) is 11.0. The quantitative estimate of drug-likeness (QED) is 0.844. The molecule has 1 aliphatic heterocycles. The van der Waals surface area contributed by atoms with E-state index in [9.17, 15) is 0 Å². The summed E-state index contributed by atoms with van der Waals surface area (Å²) in [6.07, 6.45) is 11.1. The Labute approximate surface area is 113 Å². The molecule has 0 spiro atoms. The molecule has 98 valence electrons. The summed E-state index contributed by atoms with van der Waals surface area (Å²) in [4.78, 5) is 15.0. The van der Waals surface area contributed by atoms with Gasteiger partial charge in [-0.15, -0.1) is 0 Å². The third kappa shape index (κ3) is 3.15. The van der Waals surface area contributed by atoms with Crippen molar-refractivity contribution in [3.05, 3.63) is 42.6 Å². The van der Waals surface area contributed by atoms with Crippen molar-refractivity contribution in [1.82, 2.24) is 19.9 Å². The molecular formula is C15H18N4. The summed E-state index contributed by atoms with van der Waals surface area (Å²) >= 11 is 0. The molecule has 2 aromatic rings. The number of piperidine rings is 1. The van der Waals surface area contributed by atoms with Gasteiger partial charge in [-0.3, -0.25) is 9.88 Å². The average Bonchev–Trinajstić information content (AvgIpc) is 2.50. The fourth-order valence-electron chi connectivity index (χ4n) is 2.50. The zero-order valence-corrected chi connectivity index (χ0v) is 11.0. The lowest BCUT2D eigenvalue weighted by molar-refractivity contribution is 0.220. The number of hydrogen-bond acceptors (Lipinski definition) is 4. The molecule has 0 N–H and O–H groups in total. The maximum absolute atomic E-state index is 4.51. The van der Waals surface area contributed by atoms with Crippen molar-refractivity contribution in [1.29, 1.82) is 0 Å². The van der Waals surface area contributed by atoms with Crippen LogP contribution in [0.4, 0.5) is 0 Å². The Morgan fingerprint density at radius 1 is 0.947 bits per heavy atom. The van der Waals surface area contributed by atoms with Gasteiger partial charge in [-0.1, -0.05) is 12.5 Å². The maximum Gasteiger partial charge on any atom is 0.115 e. The monoisotopic (exact) mass is 254 g/mol. The highest BCUT2D eigenvalue weighted by Crippen LogP contribution is 2.16. The van der Waals surface area contributed by atoms with Crippen LogP contribution in [-0.2, 0) is 6.54 Å². The average molecular weight is 254 g/mol. The molecule has 0 radical (unpaired) electrons. The van der Waals surface area contributed by atoms with Gasteiger partial charge < -0.3 is 0 Å². The second kappa shape index (κ2) is 5.89. The SMILES string of the molecule is c1ncc(-c2ccc(CN3CCCCC3)cn2)cn1. The summed E-state index contributed by atoms with van der Waals surface area (Å²) in [6, 6.07) is 4.21. The van der Waals surface area contributed by atoms with Gasteiger partial charge in [0.2, 0.25) is 0 Å². The summed E-state index contributed by atoms with van der Waals surface area (Å²) in [5.41, 5.74) is 3.18. The van der Waals surface area contributed by atoms with Gasteiger partial charge in [0.15, 0.2) is 0 Å². The van der Waals surface area contributed by atoms with Crippen molar-refractivity contribution < 1.29 is 0 Å². The molecule has 0 atom stereocenters. The van der Waals surface area contributed by atoms with Crippen molar-refractivity contribution in [2.75, 3.05) is 13.1 Å². The van der Waals surface area contributed by atoms with E-state index in [0.29, 0.717) is 0 Å². The molecule has 0 bridgehead atoms. The fraction of sp³-hybridized carbons (Fsp3) is 0.400. The van der Waals surface area contributed by atoms with Crippen molar-refractivity contribution in [3.8, 4) is 11.3 Å². The minimum Gasteiger partial charge on any atom is -0.299 e. The highest BCUT2D eigenvalue weighted by molar-refractivity contribution is 5.56. The van der Waals surface area contributed by atoms with Crippen LogP contribution in [0.2, 0.25) is 0 Å². The number of hydrogen-bond donors (Lipinski definition) is 0. The third-order valence-corrected chi connectivity index (χ3v) is 3.54. The van der Waals surface area contributed by atoms with Gasteiger partial charge in [0.25, 0.3) is 0 Å². The molecular weight excluding hydrogens is 236 g/mol. The third-order valence-electron chi connectivity index (χ3n) is 3.54. The van der Waals surface area contributed by atoms with E-state index < -0.39 is 0 Å². The molecule has 1 fully saturated rings. The van der Waals surface area contributed by atoms with E-state index >= 15 is 0 Å². The Bertz CT molecular complexity index is 503. The van der Waals surface area contributed by atoms with Crippen LogP contribution in [0.25, 0.3) is 11.3 Å². The number of aromatic nitrogens is 3. The van der Waals surface area contributed by atoms with Gasteiger partial charge in [-0.25, -0.2) is 9.97 Å². The molecule has 0 unspecified atom stereocenters. The first-order valence-corrected chi connectivity index (χ1v) is 6.84. The number of likely N-dealkylation sites (tertiary alicyclic amines) is 1. The smallest absolute Gasteiger partial charge is 0.115 e. The van der Waals surface area contributed by atoms with Gasteiger partial charge in [0.1, 0.15) is 6.33 Å². The lowest BCUT2D eigenvalue weighted by Gasteiger charge is -2.26. The van der Waals surface area contributed by atoms with Crippen LogP contribution in [-0.4, -0.2) is 32.9 Å². The molecule has 19 heavy (non-hydrogen) atoms. The summed E-state index contributed by atoms with van der Waals surface area (Å²) < 4.78 is 0. The Hall–Kier alpha value is -1.81. The first kappa shape index (κ1) is 12.2. The summed E-state index contributed by atoms with van der Waals surface area (Å²) in [5, 5.41) is 0. The van der Waals surface area contributed by atoms with Gasteiger partial charge in [-0.05, 0) is 37.6 Å². The molecule has 0 saturated carbocycles. The van der Waals surface area contributed by atoms with E-state index in [1.54, 1.807) is 12.4 Å². The summed E-state index contributed by atoms with van der Waals surface area (Å²) in [6.45, 7) is 3.45. The Morgan fingerprint density at radius 3 is 2.42 bits per heavy atom. The second-order valence-corrected chi connectivity index (χ2v) is 5.02. The highest BCUT2D eigenvalue weighted by atomic mass is 15.1. The minimum absolute atomic E-state index is 0.933. The Morgan fingerprint density at radius 2 is 1.74 bits per heavy atom. The first-order chi connectivity index (χ1) is 9.42. The lowest BCUT2D eigenvalue weighted by Crippen LogP contribution is -2.29. The van der Waals surface area contributed by atoms with Crippen molar-refractivity contribution in [3.63, 3.8) is 0 Å². The Kier molecular flexibility index (Phi) is 3.79. The van der Waals surface area contributed by atoms with Crippen LogP contribution >= 0.6 is 0 Å². The van der Waals surface area contributed by atoms with Crippen LogP contribution in [0.15, 0.2) is 37.1 Å². The summed E-state index contributed by atoms with van der Waals surface area (Å²) in [7, 11) is 0. The maximum atomic E-state index is 4.51. The van der Waals surface area contributed by atoms with E-state index in [0.717, 1.165) is 17.8 Å². The molecule has 1 aliphatic rings. The minimum atomic E-state index is 0.933. The first-order valence-electron chi connectivity index (χ1n) is 6.84. The van der Waals surface area contributed by atoms with Crippen molar-refractivity contribution in [2.45, 2.75) is 25.8 Å². The molecule has 0 aliphatic carbocycles. The van der Waals surface area contributed by atoms with Crippen LogP contribution in [0.5, 0.6) is 0 Å². The molecule has 2 aromatic heterocycles. The molecule has 1 saturated heterocycles. The zero-order chi connectivity index (χ0) is 12.9. The normalized spacial score (nSPS) is 16.4.